The molecule has 1 aliphatic heterocycles. The Hall–Kier alpha value is -3.87. The summed E-state index contributed by atoms with van der Waals surface area (Å²) in [5.74, 6) is -0.680. The molecule has 0 aliphatic carbocycles. The molecule has 0 aromatic heterocycles. The van der Waals surface area contributed by atoms with Crippen molar-refractivity contribution in [2.45, 2.75) is 20.8 Å². The second kappa shape index (κ2) is 9.96. The molecule has 7 heteroatoms. The summed E-state index contributed by atoms with van der Waals surface area (Å²) in [4.78, 5) is 39.2. The van der Waals surface area contributed by atoms with Gasteiger partial charge in [0.2, 0.25) is 0 Å². The van der Waals surface area contributed by atoms with E-state index in [4.69, 9.17) is 14.2 Å². The van der Waals surface area contributed by atoms with E-state index in [0.29, 0.717) is 23.6 Å². The lowest BCUT2D eigenvalue weighted by Gasteiger charge is -2.18. The number of allylic oxidation sites excluding steroid dienone is 1. The zero-order valence-electron chi connectivity index (χ0n) is 18.5. The number of carbonyl (C=O) groups excluding carboxylic acids is 3. The highest BCUT2D eigenvalue weighted by Crippen LogP contribution is 2.35. The van der Waals surface area contributed by atoms with Crippen LogP contribution in [0.2, 0.25) is 0 Å². The normalized spacial score (nSPS) is 14.7. The summed E-state index contributed by atoms with van der Waals surface area (Å²) in [7, 11) is 1.28. The van der Waals surface area contributed by atoms with Crippen molar-refractivity contribution < 1.29 is 28.6 Å². The van der Waals surface area contributed by atoms with Gasteiger partial charge < -0.3 is 14.2 Å². The molecule has 1 amide bonds. The van der Waals surface area contributed by atoms with E-state index in [1.807, 2.05) is 19.1 Å². The summed E-state index contributed by atoms with van der Waals surface area (Å²) in [6.45, 7) is 6.14. The summed E-state index contributed by atoms with van der Waals surface area (Å²) in [6.07, 6.45) is 1.65. The van der Waals surface area contributed by atoms with E-state index in [0.717, 1.165) is 11.3 Å². The number of methoxy groups -OCH3 is 1. The van der Waals surface area contributed by atoms with Crippen LogP contribution in [0.1, 0.15) is 36.7 Å². The summed E-state index contributed by atoms with van der Waals surface area (Å²) < 4.78 is 15.4. The molecule has 0 radical (unpaired) electrons. The number of hydrogen-bond acceptors (Lipinski definition) is 6. The maximum Gasteiger partial charge on any atom is 0.340 e. The molecule has 2 aromatic carbocycles. The molecule has 166 valence electrons. The van der Waals surface area contributed by atoms with Gasteiger partial charge in [-0.15, -0.1) is 0 Å². The fraction of sp³-hybridized carbons (Fsp3) is 0.240. The summed E-state index contributed by atoms with van der Waals surface area (Å²) in [5.41, 5.74) is 2.52. The number of ether oxygens (including phenoxy) is 3. The number of carbonyl (C=O) groups is 3. The fourth-order valence-corrected chi connectivity index (χ4v) is 3.45. The lowest BCUT2D eigenvalue weighted by molar-refractivity contribution is -0.136. The van der Waals surface area contributed by atoms with Gasteiger partial charge in [-0.1, -0.05) is 12.1 Å². The first-order valence-corrected chi connectivity index (χ1v) is 10.3. The highest BCUT2D eigenvalue weighted by molar-refractivity contribution is 6.23. The van der Waals surface area contributed by atoms with Crippen molar-refractivity contribution in [2.75, 3.05) is 25.2 Å². The molecule has 1 aliphatic rings. The van der Waals surface area contributed by atoms with Crippen LogP contribution >= 0.6 is 0 Å². The molecular formula is C25H25NO6. The predicted octanol–water partition coefficient (Wildman–Crippen LogP) is 4.14. The van der Waals surface area contributed by atoms with Crippen LogP contribution in [0.5, 0.6) is 5.75 Å². The second-order valence-corrected chi connectivity index (χ2v) is 6.92. The number of rotatable bonds is 7. The quantitative estimate of drug-likeness (QED) is 0.480. The minimum atomic E-state index is -0.598. The van der Waals surface area contributed by atoms with E-state index in [2.05, 4.69) is 0 Å². The number of nitrogens with zero attached hydrogens (tertiary/aromatic N) is 1. The van der Waals surface area contributed by atoms with E-state index in [-0.39, 0.29) is 23.7 Å². The van der Waals surface area contributed by atoms with Crippen molar-refractivity contribution in [3.8, 4) is 5.75 Å². The Labute approximate surface area is 186 Å². The van der Waals surface area contributed by atoms with Crippen LogP contribution in [0.25, 0.3) is 6.08 Å². The van der Waals surface area contributed by atoms with Crippen LogP contribution in [0.15, 0.2) is 65.4 Å². The molecule has 0 fully saturated rings. The number of anilines is 1. The predicted molar refractivity (Wildman–Crippen MR) is 120 cm³/mol. The van der Waals surface area contributed by atoms with Crippen LogP contribution in [0, 0.1) is 0 Å². The second-order valence-electron chi connectivity index (χ2n) is 6.92. The lowest BCUT2D eigenvalue weighted by Crippen LogP contribution is -2.24. The first-order valence-electron chi connectivity index (χ1n) is 10.3. The van der Waals surface area contributed by atoms with E-state index in [1.54, 1.807) is 56.3 Å². The van der Waals surface area contributed by atoms with Gasteiger partial charge in [0, 0.05) is 11.4 Å². The molecule has 0 atom stereocenters. The third-order valence-electron chi connectivity index (χ3n) is 4.93. The van der Waals surface area contributed by atoms with E-state index in [9.17, 15) is 14.4 Å². The largest absolute Gasteiger partial charge is 0.494 e. The third-order valence-corrected chi connectivity index (χ3v) is 4.93. The Morgan fingerprint density at radius 2 is 1.59 bits per heavy atom. The van der Waals surface area contributed by atoms with Crippen LogP contribution < -0.4 is 9.64 Å². The van der Waals surface area contributed by atoms with E-state index in [1.165, 1.54) is 12.0 Å². The van der Waals surface area contributed by atoms with Gasteiger partial charge in [0.05, 0.1) is 37.0 Å². The molecule has 0 saturated carbocycles. The van der Waals surface area contributed by atoms with Gasteiger partial charge in [-0.2, -0.15) is 0 Å². The average Bonchev–Trinajstić information content (AvgIpc) is 3.04. The minimum Gasteiger partial charge on any atom is -0.494 e. The monoisotopic (exact) mass is 435 g/mol. The van der Waals surface area contributed by atoms with E-state index >= 15 is 0 Å². The van der Waals surface area contributed by atoms with Crippen molar-refractivity contribution in [2.24, 2.45) is 0 Å². The Morgan fingerprint density at radius 3 is 2.16 bits per heavy atom. The first-order chi connectivity index (χ1) is 15.4. The molecule has 7 nitrogen and oxygen atoms in total. The van der Waals surface area contributed by atoms with Gasteiger partial charge in [0.15, 0.2) is 0 Å². The minimum absolute atomic E-state index is 0.195. The molecule has 0 spiro atoms. The van der Waals surface area contributed by atoms with Crippen LogP contribution in [0.4, 0.5) is 5.69 Å². The van der Waals surface area contributed by atoms with Gasteiger partial charge in [-0.3, -0.25) is 9.69 Å². The van der Waals surface area contributed by atoms with Crippen LogP contribution in [-0.4, -0.2) is 38.2 Å². The molecule has 0 saturated heterocycles. The molecular weight excluding hydrogens is 410 g/mol. The van der Waals surface area contributed by atoms with Gasteiger partial charge in [-0.05, 0) is 68.8 Å². The molecule has 0 bridgehead atoms. The van der Waals surface area contributed by atoms with Gasteiger partial charge in [-0.25, -0.2) is 9.59 Å². The van der Waals surface area contributed by atoms with Crippen LogP contribution in [0.3, 0.4) is 0 Å². The molecule has 1 heterocycles. The van der Waals surface area contributed by atoms with Crippen molar-refractivity contribution in [3.63, 3.8) is 0 Å². The number of benzene rings is 2. The number of esters is 2. The Balaban J connectivity index is 1.99. The first kappa shape index (κ1) is 22.8. The molecule has 2 aromatic rings. The SMILES string of the molecule is CCOC(=O)c1ccc(N2C(=O)/C(=C\c3ccc(OCC)cc3)C(C(=O)OC)=C2C)cc1. The van der Waals surface area contributed by atoms with Crippen molar-refractivity contribution in [1.82, 2.24) is 0 Å². The summed E-state index contributed by atoms with van der Waals surface area (Å²) in [6, 6.07) is 13.7. The molecule has 3 rings (SSSR count). The van der Waals surface area contributed by atoms with Gasteiger partial charge in [0.1, 0.15) is 5.75 Å². The highest BCUT2D eigenvalue weighted by Gasteiger charge is 2.37. The Morgan fingerprint density at radius 1 is 0.938 bits per heavy atom. The molecule has 0 N–H and O–H groups in total. The van der Waals surface area contributed by atoms with Crippen molar-refractivity contribution in [3.05, 3.63) is 76.5 Å². The summed E-state index contributed by atoms with van der Waals surface area (Å²) >= 11 is 0. The maximum atomic E-state index is 13.3. The van der Waals surface area contributed by atoms with Crippen molar-refractivity contribution >= 4 is 29.6 Å². The van der Waals surface area contributed by atoms with Gasteiger partial charge >= 0.3 is 11.9 Å². The smallest absolute Gasteiger partial charge is 0.340 e. The lowest BCUT2D eigenvalue weighted by atomic mass is 10.0. The fourth-order valence-electron chi connectivity index (χ4n) is 3.45. The summed E-state index contributed by atoms with van der Waals surface area (Å²) in [5, 5.41) is 0. The molecule has 0 unspecified atom stereocenters. The van der Waals surface area contributed by atoms with Crippen molar-refractivity contribution in [1.29, 1.82) is 0 Å². The Bertz CT molecular complexity index is 1080. The van der Waals surface area contributed by atoms with E-state index < -0.39 is 11.9 Å². The van der Waals surface area contributed by atoms with Crippen LogP contribution in [-0.2, 0) is 19.1 Å². The maximum absolute atomic E-state index is 13.3. The number of amides is 1. The zero-order valence-corrected chi connectivity index (χ0v) is 18.5. The zero-order chi connectivity index (χ0) is 23.3. The third kappa shape index (κ3) is 4.56. The van der Waals surface area contributed by atoms with Gasteiger partial charge in [0.25, 0.3) is 5.91 Å². The molecule has 32 heavy (non-hydrogen) atoms. The highest BCUT2D eigenvalue weighted by atomic mass is 16.5. The number of hydrogen-bond donors (Lipinski definition) is 0. The average molecular weight is 435 g/mol. The topological polar surface area (TPSA) is 82.1 Å². The Kier molecular flexibility index (Phi) is 7.10. The standard InChI is InChI=1S/C25H25NO6/c1-5-31-20-13-7-17(8-14-20)15-21-22(25(29)30-4)16(3)26(23(21)27)19-11-9-18(10-12-19)24(28)32-6-2/h7-15H,5-6H2,1-4H3/b21-15-.